The lowest BCUT2D eigenvalue weighted by molar-refractivity contribution is 0.429. The van der Waals surface area contributed by atoms with Gasteiger partial charge in [-0.05, 0) is 42.0 Å². The molecule has 4 rings (SSSR count). The summed E-state index contributed by atoms with van der Waals surface area (Å²) in [6.45, 7) is 0. The summed E-state index contributed by atoms with van der Waals surface area (Å²) in [5.74, 6) is 1.10. The summed E-state index contributed by atoms with van der Waals surface area (Å²) in [5.41, 5.74) is 13.3. The topological polar surface area (TPSA) is 96.3 Å². The van der Waals surface area contributed by atoms with E-state index in [0.717, 1.165) is 5.75 Å². The quantitative estimate of drug-likeness (QED) is 0.465. The number of nitrogen functional groups attached to an aromatic ring is 2. The molecule has 0 aliphatic carbocycles. The molecule has 0 aliphatic heterocycles. The van der Waals surface area contributed by atoms with Crippen molar-refractivity contribution >= 4 is 11.5 Å². The molecule has 0 spiro atoms. The second-order valence-electron chi connectivity index (χ2n) is 6.17. The molecule has 0 radical (unpaired) electrons. The highest BCUT2D eigenvalue weighted by molar-refractivity contribution is 5.78. The largest absolute Gasteiger partial charge is 0.457 e. The average molecular weight is 388 g/mol. The molecule has 0 bridgehead atoms. The molecule has 29 heavy (non-hydrogen) atoms. The first kappa shape index (κ1) is 18.2. The molecule has 0 unspecified atom stereocenters. The third-order valence-electron chi connectivity index (χ3n) is 4.13. The van der Waals surface area contributed by atoms with Crippen LogP contribution in [0.25, 0.3) is 11.1 Å². The highest BCUT2D eigenvalue weighted by atomic mass is 19.1. The van der Waals surface area contributed by atoms with Crippen LogP contribution in [0, 0.1) is 5.82 Å². The predicted octanol–water partition coefficient (Wildman–Crippen LogP) is 5.03. The van der Waals surface area contributed by atoms with E-state index < -0.39 is 5.82 Å². The fourth-order valence-corrected chi connectivity index (χ4v) is 2.75. The number of ether oxygens (including phenoxy) is 2. The van der Waals surface area contributed by atoms with Crippen molar-refractivity contribution in [3.63, 3.8) is 0 Å². The van der Waals surface area contributed by atoms with Crippen LogP contribution in [-0.4, -0.2) is 9.97 Å². The van der Waals surface area contributed by atoms with Gasteiger partial charge in [0.05, 0.1) is 5.56 Å². The maximum atomic E-state index is 14.1. The fraction of sp³-hybridized carbons (Fsp3) is 0. The number of nitrogens with zero attached hydrogens (tertiary/aromatic N) is 2. The van der Waals surface area contributed by atoms with Crippen LogP contribution in [0.1, 0.15) is 0 Å². The molecule has 0 amide bonds. The Kier molecular flexibility index (Phi) is 4.94. The fourth-order valence-electron chi connectivity index (χ4n) is 2.75. The van der Waals surface area contributed by atoms with Crippen LogP contribution in [-0.2, 0) is 0 Å². The minimum atomic E-state index is -0.561. The molecule has 0 saturated carbocycles. The summed E-state index contributed by atoms with van der Waals surface area (Å²) in [7, 11) is 0. The van der Waals surface area contributed by atoms with E-state index >= 15 is 0 Å². The van der Waals surface area contributed by atoms with Gasteiger partial charge in [0.15, 0.2) is 11.6 Å². The Morgan fingerprint density at radius 3 is 2.24 bits per heavy atom. The first-order valence-corrected chi connectivity index (χ1v) is 8.77. The summed E-state index contributed by atoms with van der Waals surface area (Å²) in [4.78, 5) is 8.14. The number of hydrogen-bond acceptors (Lipinski definition) is 6. The molecule has 7 heteroatoms. The lowest BCUT2D eigenvalue weighted by Gasteiger charge is -2.13. The smallest absolute Gasteiger partial charge is 0.232 e. The Morgan fingerprint density at radius 2 is 1.48 bits per heavy atom. The van der Waals surface area contributed by atoms with Gasteiger partial charge in [0.1, 0.15) is 23.6 Å². The van der Waals surface area contributed by atoms with Crippen molar-refractivity contribution in [2.24, 2.45) is 0 Å². The summed E-state index contributed by atoms with van der Waals surface area (Å²) in [6, 6.07) is 20.7. The van der Waals surface area contributed by atoms with Crippen LogP contribution in [0.4, 0.5) is 15.9 Å². The van der Waals surface area contributed by atoms with Crippen LogP contribution in [0.2, 0.25) is 0 Å². The lowest BCUT2D eigenvalue weighted by Crippen LogP contribution is -2.01. The maximum absolute atomic E-state index is 14.1. The lowest BCUT2D eigenvalue weighted by atomic mass is 10.1. The third kappa shape index (κ3) is 4.08. The van der Waals surface area contributed by atoms with Gasteiger partial charge in [-0.2, -0.15) is 0 Å². The van der Waals surface area contributed by atoms with Crippen molar-refractivity contribution in [1.82, 2.24) is 9.97 Å². The van der Waals surface area contributed by atoms with E-state index in [1.54, 1.807) is 24.3 Å². The van der Waals surface area contributed by atoms with Gasteiger partial charge in [-0.25, -0.2) is 14.4 Å². The van der Waals surface area contributed by atoms with Gasteiger partial charge in [-0.1, -0.05) is 30.3 Å². The highest BCUT2D eigenvalue weighted by Gasteiger charge is 2.16. The van der Waals surface area contributed by atoms with Crippen molar-refractivity contribution in [2.45, 2.75) is 0 Å². The van der Waals surface area contributed by atoms with Gasteiger partial charge < -0.3 is 20.9 Å². The van der Waals surface area contributed by atoms with Crippen molar-refractivity contribution in [2.75, 3.05) is 11.5 Å². The second kappa shape index (κ2) is 7.85. The van der Waals surface area contributed by atoms with Crippen LogP contribution >= 0.6 is 0 Å². The SMILES string of the molecule is Nc1ccc(F)c(Oc2ncnc(N)c2-c2ccc(Oc3ccccc3)cc2)c1. The molecule has 3 aromatic carbocycles. The van der Waals surface area contributed by atoms with E-state index in [0.29, 0.717) is 22.6 Å². The van der Waals surface area contributed by atoms with E-state index in [2.05, 4.69) is 9.97 Å². The third-order valence-corrected chi connectivity index (χ3v) is 4.13. The number of anilines is 2. The van der Waals surface area contributed by atoms with E-state index in [1.165, 1.54) is 24.5 Å². The van der Waals surface area contributed by atoms with E-state index in [9.17, 15) is 4.39 Å². The zero-order chi connectivity index (χ0) is 20.2. The number of hydrogen-bond donors (Lipinski definition) is 2. The Balaban J connectivity index is 1.65. The normalized spacial score (nSPS) is 10.5. The van der Waals surface area contributed by atoms with Crippen LogP contribution in [0.15, 0.2) is 79.1 Å². The highest BCUT2D eigenvalue weighted by Crippen LogP contribution is 2.37. The van der Waals surface area contributed by atoms with Crippen molar-refractivity contribution in [1.29, 1.82) is 0 Å². The maximum Gasteiger partial charge on any atom is 0.232 e. The number of rotatable bonds is 5. The van der Waals surface area contributed by atoms with Crippen LogP contribution in [0.5, 0.6) is 23.1 Å². The average Bonchev–Trinajstić information content (AvgIpc) is 2.73. The van der Waals surface area contributed by atoms with E-state index in [-0.39, 0.29) is 17.4 Å². The molecule has 144 valence electrons. The summed E-state index contributed by atoms with van der Waals surface area (Å²) < 4.78 is 25.5. The Morgan fingerprint density at radius 1 is 0.759 bits per heavy atom. The van der Waals surface area contributed by atoms with Crippen molar-refractivity contribution < 1.29 is 13.9 Å². The summed E-state index contributed by atoms with van der Waals surface area (Å²) in [5, 5.41) is 0. The monoisotopic (exact) mass is 388 g/mol. The Hall–Kier alpha value is -4.13. The molecule has 0 fully saturated rings. The number of halogens is 1. The molecule has 0 atom stereocenters. The predicted molar refractivity (Wildman–Crippen MR) is 109 cm³/mol. The Bertz CT molecular complexity index is 1140. The minimum absolute atomic E-state index is 0.0478. The van der Waals surface area contributed by atoms with Crippen molar-refractivity contribution in [3.8, 4) is 34.3 Å². The molecule has 6 nitrogen and oxygen atoms in total. The first-order chi connectivity index (χ1) is 14.1. The zero-order valence-electron chi connectivity index (χ0n) is 15.2. The van der Waals surface area contributed by atoms with Gasteiger partial charge in [0.2, 0.25) is 5.88 Å². The van der Waals surface area contributed by atoms with Gasteiger partial charge in [-0.3, -0.25) is 0 Å². The summed E-state index contributed by atoms with van der Waals surface area (Å²) >= 11 is 0. The van der Waals surface area contributed by atoms with Crippen LogP contribution < -0.4 is 20.9 Å². The standard InChI is InChI=1S/C22H17FN4O2/c23-18-11-8-15(24)12-19(18)29-22-20(21(25)26-13-27-22)14-6-9-17(10-7-14)28-16-4-2-1-3-5-16/h1-13H,24H2,(H2,25,26,27). The molecular weight excluding hydrogens is 371 g/mol. The van der Waals surface area contributed by atoms with Crippen LogP contribution in [0.3, 0.4) is 0 Å². The van der Waals surface area contributed by atoms with Gasteiger partial charge >= 0.3 is 0 Å². The van der Waals surface area contributed by atoms with Gasteiger partial charge in [0.25, 0.3) is 0 Å². The first-order valence-electron chi connectivity index (χ1n) is 8.77. The molecular formula is C22H17FN4O2. The molecule has 0 saturated heterocycles. The number of benzene rings is 3. The van der Waals surface area contributed by atoms with E-state index in [4.69, 9.17) is 20.9 Å². The zero-order valence-corrected chi connectivity index (χ0v) is 15.2. The summed E-state index contributed by atoms with van der Waals surface area (Å²) in [6.07, 6.45) is 1.26. The van der Waals surface area contributed by atoms with Crippen molar-refractivity contribution in [3.05, 3.63) is 84.9 Å². The number of para-hydroxylation sites is 1. The molecule has 4 aromatic rings. The molecule has 1 heterocycles. The molecule has 1 aromatic heterocycles. The molecule has 0 aliphatic rings. The number of aromatic nitrogens is 2. The minimum Gasteiger partial charge on any atom is -0.457 e. The van der Waals surface area contributed by atoms with Gasteiger partial charge in [0, 0.05) is 11.8 Å². The van der Waals surface area contributed by atoms with E-state index in [1.807, 2.05) is 30.3 Å². The second-order valence-corrected chi connectivity index (χ2v) is 6.17. The van der Waals surface area contributed by atoms with Gasteiger partial charge in [-0.15, -0.1) is 0 Å². The number of nitrogens with two attached hydrogens (primary N) is 2. The molecule has 4 N–H and O–H groups in total. The Labute approximate surface area is 166 Å².